The molecule has 2 heterocycles. The molecule has 0 unspecified atom stereocenters. The van der Waals surface area contributed by atoms with E-state index in [2.05, 4.69) is 10.3 Å². The predicted molar refractivity (Wildman–Crippen MR) is 111 cm³/mol. The summed E-state index contributed by atoms with van der Waals surface area (Å²) in [4.78, 5) is 18.7. The highest BCUT2D eigenvalue weighted by Crippen LogP contribution is 2.40. The number of carbonyl (C=O) groups excluding carboxylic acids is 1. The smallest absolute Gasteiger partial charge is 0.237 e. The second-order valence-corrected chi connectivity index (χ2v) is 7.85. The van der Waals surface area contributed by atoms with Crippen LogP contribution in [0, 0.1) is 17.5 Å². The fourth-order valence-corrected chi connectivity index (χ4v) is 3.95. The van der Waals surface area contributed by atoms with Gasteiger partial charge in [-0.25, -0.2) is 18.2 Å². The van der Waals surface area contributed by atoms with Gasteiger partial charge in [0.2, 0.25) is 5.91 Å². The van der Waals surface area contributed by atoms with E-state index < -0.39 is 17.2 Å². The monoisotopic (exact) mass is 429 g/mol. The lowest BCUT2D eigenvalue weighted by Crippen LogP contribution is -2.53. The molecule has 6 nitrogen and oxygen atoms in total. The molecule has 1 aliphatic rings. The topological polar surface area (TPSA) is 76.2 Å². The zero-order chi connectivity index (χ0) is 22.3. The molecule has 1 aliphatic heterocycles. The van der Waals surface area contributed by atoms with E-state index in [0.29, 0.717) is 30.4 Å². The molecule has 0 aliphatic carbocycles. The first kappa shape index (κ1) is 20.9. The summed E-state index contributed by atoms with van der Waals surface area (Å²) in [6, 6.07) is 9.00. The molecule has 162 valence electrons. The Morgan fingerprint density at radius 1 is 1.10 bits per heavy atom. The van der Waals surface area contributed by atoms with Gasteiger partial charge in [0.1, 0.15) is 34.8 Å². The number of anilines is 2. The first-order chi connectivity index (χ1) is 14.7. The van der Waals surface area contributed by atoms with E-state index in [1.165, 1.54) is 18.2 Å². The molecule has 0 spiro atoms. The van der Waals surface area contributed by atoms with Gasteiger partial charge >= 0.3 is 0 Å². The Bertz CT molecular complexity index is 1140. The molecule has 31 heavy (non-hydrogen) atoms. The van der Waals surface area contributed by atoms with E-state index in [-0.39, 0.29) is 29.5 Å². The number of nitrogens with zero attached hydrogens (tertiary/aromatic N) is 3. The van der Waals surface area contributed by atoms with Gasteiger partial charge in [0.05, 0.1) is 12.1 Å². The molecule has 4 rings (SSSR count). The van der Waals surface area contributed by atoms with Crippen LogP contribution in [0.1, 0.15) is 19.7 Å². The third kappa shape index (κ3) is 3.65. The van der Waals surface area contributed by atoms with E-state index in [4.69, 9.17) is 5.73 Å². The summed E-state index contributed by atoms with van der Waals surface area (Å²) in [5.41, 5.74) is 5.71. The van der Waals surface area contributed by atoms with E-state index >= 15 is 0 Å². The van der Waals surface area contributed by atoms with Crippen molar-refractivity contribution in [2.24, 2.45) is 5.73 Å². The molecule has 0 fully saturated rings. The first-order valence-corrected chi connectivity index (χ1v) is 9.82. The Hall–Kier alpha value is -3.33. The van der Waals surface area contributed by atoms with Crippen molar-refractivity contribution in [1.29, 1.82) is 0 Å². The van der Waals surface area contributed by atoms with Crippen LogP contribution < -0.4 is 11.1 Å². The number of amides is 1. The molecular weight excluding hydrogens is 407 g/mol. The van der Waals surface area contributed by atoms with Crippen LogP contribution in [0.4, 0.5) is 24.7 Å². The maximum atomic E-state index is 14.7. The Labute approximate surface area is 177 Å². The van der Waals surface area contributed by atoms with Crippen molar-refractivity contribution in [3.05, 3.63) is 65.7 Å². The molecule has 1 amide bonds. The molecule has 0 saturated carbocycles. The summed E-state index contributed by atoms with van der Waals surface area (Å²) in [5, 5.41) is 3.19. The second-order valence-electron chi connectivity index (χ2n) is 7.85. The minimum Gasteiger partial charge on any atom is -0.340 e. The van der Waals surface area contributed by atoms with E-state index in [1.54, 1.807) is 17.0 Å². The molecule has 9 heteroatoms. The summed E-state index contributed by atoms with van der Waals surface area (Å²) >= 11 is 0. The maximum Gasteiger partial charge on any atom is 0.237 e. The van der Waals surface area contributed by atoms with Crippen molar-refractivity contribution in [1.82, 2.24) is 14.5 Å². The van der Waals surface area contributed by atoms with Crippen molar-refractivity contribution in [3.63, 3.8) is 0 Å². The van der Waals surface area contributed by atoms with Crippen LogP contribution >= 0.6 is 0 Å². The summed E-state index contributed by atoms with van der Waals surface area (Å²) in [5.74, 6) is -1.06. The first-order valence-electron chi connectivity index (χ1n) is 9.82. The summed E-state index contributed by atoms with van der Waals surface area (Å²) in [6.07, 6.45) is 0. The average Bonchev–Trinajstić information content (AvgIpc) is 3.09. The van der Waals surface area contributed by atoms with Crippen LogP contribution in [-0.2, 0) is 16.9 Å². The van der Waals surface area contributed by atoms with Crippen LogP contribution in [0.3, 0.4) is 0 Å². The summed E-state index contributed by atoms with van der Waals surface area (Å²) < 4.78 is 43.4. The molecular formula is C22H22F3N5O. The van der Waals surface area contributed by atoms with Crippen LogP contribution in [0.15, 0.2) is 42.5 Å². The normalized spacial score (nSPS) is 15.0. The zero-order valence-corrected chi connectivity index (χ0v) is 17.1. The molecule has 1 aromatic heterocycles. The fourth-order valence-electron chi connectivity index (χ4n) is 3.95. The highest BCUT2D eigenvalue weighted by molar-refractivity contribution is 5.80. The minimum atomic E-state index is -0.817. The number of benzene rings is 2. The molecule has 3 aromatic rings. The number of hydrogen-bond donors (Lipinski definition) is 2. The molecule has 0 bridgehead atoms. The third-order valence-electron chi connectivity index (χ3n) is 5.51. The lowest BCUT2D eigenvalue weighted by atomic mass is 9.99. The number of fused-ring (bicyclic) bond motifs is 1. The highest BCUT2D eigenvalue weighted by Gasteiger charge is 2.41. The number of nitrogens with one attached hydrogen (secondary N) is 1. The number of aromatic nitrogens is 2. The van der Waals surface area contributed by atoms with Crippen LogP contribution in [0.2, 0.25) is 0 Å². The standard InChI is InChI=1S/C22H22F3N5O/c1-22(2)21-28-19(16-8-5-14(24)11-17(16)25)20(27-15-6-3-13(23)4-7-15)29(21)9-10-30(22)18(31)12-26/h3-8,11,27H,9-10,12,26H2,1-2H3. The molecule has 2 aromatic carbocycles. The number of nitrogens with two attached hydrogens (primary N) is 1. The van der Waals surface area contributed by atoms with E-state index in [1.807, 2.05) is 18.4 Å². The van der Waals surface area contributed by atoms with Crippen molar-refractivity contribution in [3.8, 4) is 11.3 Å². The van der Waals surface area contributed by atoms with Crippen molar-refractivity contribution < 1.29 is 18.0 Å². The van der Waals surface area contributed by atoms with E-state index in [0.717, 1.165) is 12.1 Å². The largest absolute Gasteiger partial charge is 0.340 e. The molecule has 0 radical (unpaired) electrons. The number of hydrogen-bond acceptors (Lipinski definition) is 4. The van der Waals surface area contributed by atoms with Gasteiger partial charge in [0.15, 0.2) is 0 Å². The van der Waals surface area contributed by atoms with Gasteiger partial charge in [-0.15, -0.1) is 0 Å². The summed E-state index contributed by atoms with van der Waals surface area (Å²) in [6.45, 7) is 4.32. The van der Waals surface area contributed by atoms with Gasteiger partial charge < -0.3 is 20.5 Å². The lowest BCUT2D eigenvalue weighted by molar-refractivity contribution is -0.137. The average molecular weight is 429 g/mol. The van der Waals surface area contributed by atoms with Gasteiger partial charge in [-0.3, -0.25) is 4.79 Å². The highest BCUT2D eigenvalue weighted by atomic mass is 19.1. The Kier molecular flexibility index (Phi) is 5.22. The van der Waals surface area contributed by atoms with Crippen LogP contribution in [0.5, 0.6) is 0 Å². The van der Waals surface area contributed by atoms with Gasteiger partial charge in [0.25, 0.3) is 0 Å². The van der Waals surface area contributed by atoms with Gasteiger partial charge in [-0.1, -0.05) is 0 Å². The van der Waals surface area contributed by atoms with E-state index in [9.17, 15) is 18.0 Å². The fraction of sp³-hybridized carbons (Fsp3) is 0.273. The second kappa shape index (κ2) is 7.73. The lowest BCUT2D eigenvalue weighted by Gasteiger charge is -2.42. The van der Waals surface area contributed by atoms with Crippen molar-refractivity contribution >= 4 is 17.4 Å². The predicted octanol–water partition coefficient (Wildman–Crippen LogP) is 3.75. The van der Waals surface area contributed by atoms with Crippen LogP contribution in [-0.4, -0.2) is 33.4 Å². The zero-order valence-electron chi connectivity index (χ0n) is 17.1. The quantitative estimate of drug-likeness (QED) is 0.663. The third-order valence-corrected chi connectivity index (χ3v) is 5.51. The number of rotatable bonds is 4. The Morgan fingerprint density at radius 3 is 2.42 bits per heavy atom. The van der Waals surface area contributed by atoms with Gasteiger partial charge in [-0.05, 0) is 50.2 Å². The van der Waals surface area contributed by atoms with Gasteiger partial charge in [-0.2, -0.15) is 0 Å². The SMILES string of the molecule is CC1(C)c2nc(-c3ccc(F)cc3F)c(Nc3ccc(F)cc3)n2CCN1C(=O)CN. The molecule has 0 saturated heterocycles. The number of halogens is 3. The Morgan fingerprint density at radius 2 is 1.77 bits per heavy atom. The summed E-state index contributed by atoms with van der Waals surface area (Å²) in [7, 11) is 0. The van der Waals surface area contributed by atoms with Crippen LogP contribution in [0.25, 0.3) is 11.3 Å². The van der Waals surface area contributed by atoms with Crippen molar-refractivity contribution in [2.75, 3.05) is 18.4 Å². The van der Waals surface area contributed by atoms with Gasteiger partial charge in [0, 0.05) is 30.4 Å². The Balaban J connectivity index is 1.89. The van der Waals surface area contributed by atoms with Crippen molar-refractivity contribution in [2.45, 2.75) is 25.9 Å². The molecule has 0 atom stereocenters. The maximum absolute atomic E-state index is 14.7. The molecule has 3 N–H and O–H groups in total. The minimum absolute atomic E-state index is 0.111. The number of imidazole rings is 1. The number of carbonyl (C=O) groups is 1.